The quantitative estimate of drug-likeness (QED) is 0.527. The van der Waals surface area contributed by atoms with Gasteiger partial charge in [-0.1, -0.05) is 42.5 Å². The third-order valence-electron chi connectivity index (χ3n) is 3.88. The Bertz CT molecular complexity index is 1170. The van der Waals surface area contributed by atoms with Gasteiger partial charge in [0.25, 0.3) is 11.5 Å². The molecule has 26 heavy (non-hydrogen) atoms. The number of fused-ring (bicyclic) bond motifs is 1. The van der Waals surface area contributed by atoms with Gasteiger partial charge in [0.2, 0.25) is 0 Å². The molecule has 1 N–H and O–H groups in total. The number of aromatic nitrogens is 2. The topological polar surface area (TPSA) is 63.5 Å². The number of rotatable bonds is 3. The minimum atomic E-state index is -0.492. The van der Waals surface area contributed by atoms with Gasteiger partial charge in [0.15, 0.2) is 4.96 Å². The molecule has 7 heteroatoms. The van der Waals surface area contributed by atoms with Crippen molar-refractivity contribution in [2.24, 2.45) is 0 Å². The number of halogens is 1. The molecule has 0 saturated heterocycles. The van der Waals surface area contributed by atoms with Crippen molar-refractivity contribution in [1.29, 1.82) is 0 Å². The first-order chi connectivity index (χ1) is 12.6. The predicted octanol–water partition coefficient (Wildman–Crippen LogP) is 4.44. The minimum absolute atomic E-state index is 0.00571. The lowest BCUT2D eigenvalue weighted by atomic mass is 10.2. The number of carbonyl (C=O) groups excluding carboxylic acids is 1. The Labute approximate surface area is 161 Å². The fourth-order valence-electron chi connectivity index (χ4n) is 2.61. The van der Waals surface area contributed by atoms with E-state index in [4.69, 9.17) is 0 Å². The largest absolute Gasteiger partial charge is 0.321 e. The Morgan fingerprint density at radius 2 is 1.81 bits per heavy atom. The van der Waals surface area contributed by atoms with E-state index in [0.717, 1.165) is 15.7 Å². The molecule has 0 fully saturated rings. The lowest BCUT2D eigenvalue weighted by Crippen LogP contribution is -2.26. The third-order valence-corrected chi connectivity index (χ3v) is 5.41. The molecule has 5 nitrogen and oxygen atoms in total. The molecule has 0 aliphatic heterocycles. The van der Waals surface area contributed by atoms with Crippen LogP contribution in [0, 0.1) is 0 Å². The van der Waals surface area contributed by atoms with Crippen molar-refractivity contribution in [3.8, 4) is 11.3 Å². The van der Waals surface area contributed by atoms with E-state index in [9.17, 15) is 9.59 Å². The molecule has 0 atom stereocenters. The van der Waals surface area contributed by atoms with Crippen LogP contribution in [0.15, 0.2) is 75.4 Å². The predicted molar refractivity (Wildman–Crippen MR) is 107 cm³/mol. The molecule has 0 aliphatic carbocycles. The van der Waals surface area contributed by atoms with E-state index in [1.54, 1.807) is 12.1 Å². The van der Waals surface area contributed by atoms with E-state index in [-0.39, 0.29) is 11.1 Å². The summed E-state index contributed by atoms with van der Waals surface area (Å²) < 4.78 is 2.22. The normalized spacial score (nSPS) is 10.8. The van der Waals surface area contributed by atoms with E-state index < -0.39 is 5.91 Å². The monoisotopic (exact) mass is 425 g/mol. The van der Waals surface area contributed by atoms with Crippen LogP contribution >= 0.6 is 27.3 Å². The first-order valence-corrected chi connectivity index (χ1v) is 9.43. The van der Waals surface area contributed by atoms with Crippen LogP contribution in [-0.4, -0.2) is 15.3 Å². The van der Waals surface area contributed by atoms with E-state index in [1.807, 2.05) is 47.8 Å². The first kappa shape index (κ1) is 16.7. The third kappa shape index (κ3) is 2.95. The summed E-state index contributed by atoms with van der Waals surface area (Å²) in [5, 5.41) is 4.62. The van der Waals surface area contributed by atoms with Gasteiger partial charge in [-0.2, -0.15) is 0 Å². The number of nitrogens with one attached hydrogen (secondary N) is 1. The zero-order valence-electron chi connectivity index (χ0n) is 13.3. The van der Waals surface area contributed by atoms with Crippen molar-refractivity contribution in [1.82, 2.24) is 9.38 Å². The fraction of sp³-hybridized carbons (Fsp3) is 0. The van der Waals surface area contributed by atoms with Crippen molar-refractivity contribution in [2.45, 2.75) is 0 Å². The second-order valence-electron chi connectivity index (χ2n) is 5.52. The summed E-state index contributed by atoms with van der Waals surface area (Å²) in [7, 11) is 0. The summed E-state index contributed by atoms with van der Waals surface area (Å²) in [5.74, 6) is -0.492. The summed E-state index contributed by atoms with van der Waals surface area (Å²) >= 11 is 4.74. The highest BCUT2D eigenvalue weighted by molar-refractivity contribution is 9.10. The highest BCUT2D eigenvalue weighted by Gasteiger charge is 2.17. The van der Waals surface area contributed by atoms with Gasteiger partial charge < -0.3 is 5.32 Å². The fourth-order valence-corrected chi connectivity index (χ4v) is 3.85. The van der Waals surface area contributed by atoms with Crippen LogP contribution in [-0.2, 0) is 0 Å². The number of hydrogen-bond acceptors (Lipinski definition) is 4. The van der Waals surface area contributed by atoms with Crippen LogP contribution in [0.1, 0.15) is 10.4 Å². The van der Waals surface area contributed by atoms with E-state index in [2.05, 4.69) is 26.2 Å². The van der Waals surface area contributed by atoms with Gasteiger partial charge in [0.1, 0.15) is 5.56 Å². The second-order valence-corrected chi connectivity index (χ2v) is 7.21. The van der Waals surface area contributed by atoms with E-state index in [0.29, 0.717) is 10.6 Å². The van der Waals surface area contributed by atoms with Crippen molar-refractivity contribution < 1.29 is 4.79 Å². The minimum Gasteiger partial charge on any atom is -0.321 e. The Kier molecular flexibility index (Phi) is 4.40. The van der Waals surface area contributed by atoms with Gasteiger partial charge in [-0.25, -0.2) is 4.98 Å². The molecule has 0 aliphatic rings. The molecule has 0 bridgehead atoms. The summed E-state index contributed by atoms with van der Waals surface area (Å²) in [6, 6.07) is 16.8. The number of benzene rings is 2. The van der Waals surface area contributed by atoms with Crippen molar-refractivity contribution in [2.75, 3.05) is 5.32 Å². The second kappa shape index (κ2) is 6.86. The standard InChI is InChI=1S/C19H12BrN3O2S/c20-14-8-4-5-9-15(14)22-17(24)13-10-21-19-23(18(13)25)16(11-26-19)12-6-2-1-3-7-12/h1-11H,(H,22,24). The molecule has 0 spiro atoms. The molecule has 2 heterocycles. The zero-order valence-corrected chi connectivity index (χ0v) is 15.8. The maximum absolute atomic E-state index is 13.0. The Hall–Kier alpha value is -2.77. The van der Waals surface area contributed by atoms with Crippen LogP contribution in [0.4, 0.5) is 5.69 Å². The maximum atomic E-state index is 13.0. The molecule has 0 radical (unpaired) electrons. The molecular weight excluding hydrogens is 414 g/mol. The Morgan fingerprint density at radius 1 is 1.08 bits per heavy atom. The smallest absolute Gasteiger partial charge is 0.271 e. The van der Waals surface area contributed by atoms with Gasteiger partial charge in [0.05, 0.1) is 11.4 Å². The van der Waals surface area contributed by atoms with Crippen molar-refractivity contribution in [3.63, 3.8) is 0 Å². The number of hydrogen-bond donors (Lipinski definition) is 1. The number of thiazole rings is 1. The average Bonchev–Trinajstić information content (AvgIpc) is 3.09. The molecule has 2 aromatic carbocycles. The van der Waals surface area contributed by atoms with Crippen molar-refractivity contribution >= 4 is 43.8 Å². The van der Waals surface area contributed by atoms with Gasteiger partial charge in [0, 0.05) is 16.0 Å². The Balaban J connectivity index is 1.80. The van der Waals surface area contributed by atoms with Gasteiger partial charge in [-0.3, -0.25) is 14.0 Å². The molecule has 4 aromatic rings. The molecule has 1 amide bonds. The lowest BCUT2D eigenvalue weighted by molar-refractivity contribution is 0.102. The Morgan fingerprint density at radius 3 is 2.58 bits per heavy atom. The molecular formula is C19H12BrN3O2S. The summed E-state index contributed by atoms with van der Waals surface area (Å²) in [4.78, 5) is 30.4. The number of carbonyl (C=O) groups is 1. The SMILES string of the molecule is O=C(Nc1ccccc1Br)c1cnc2scc(-c3ccccc3)n2c1=O. The van der Waals surface area contributed by atoms with Crippen molar-refractivity contribution in [3.05, 3.63) is 86.6 Å². The molecule has 4 rings (SSSR count). The van der Waals surface area contributed by atoms with Crippen LogP contribution in [0.25, 0.3) is 16.2 Å². The average molecular weight is 426 g/mol. The van der Waals surface area contributed by atoms with Gasteiger partial charge in [-0.05, 0) is 33.6 Å². The molecule has 128 valence electrons. The highest BCUT2D eigenvalue weighted by atomic mass is 79.9. The summed E-state index contributed by atoms with van der Waals surface area (Å²) in [6.45, 7) is 0. The summed E-state index contributed by atoms with van der Waals surface area (Å²) in [5.41, 5.74) is 1.81. The molecule has 2 aromatic heterocycles. The van der Waals surface area contributed by atoms with E-state index in [1.165, 1.54) is 21.9 Å². The number of para-hydroxylation sites is 1. The van der Waals surface area contributed by atoms with Crippen LogP contribution in [0.2, 0.25) is 0 Å². The van der Waals surface area contributed by atoms with E-state index >= 15 is 0 Å². The summed E-state index contributed by atoms with van der Waals surface area (Å²) in [6.07, 6.45) is 1.33. The van der Waals surface area contributed by atoms with Crippen LogP contribution in [0.3, 0.4) is 0 Å². The van der Waals surface area contributed by atoms with Crippen LogP contribution < -0.4 is 10.9 Å². The molecule has 0 saturated carbocycles. The number of anilines is 1. The lowest BCUT2D eigenvalue weighted by Gasteiger charge is -2.07. The maximum Gasteiger partial charge on any atom is 0.271 e. The van der Waals surface area contributed by atoms with Crippen LogP contribution in [0.5, 0.6) is 0 Å². The van der Waals surface area contributed by atoms with Gasteiger partial charge >= 0.3 is 0 Å². The first-order valence-electron chi connectivity index (χ1n) is 7.76. The number of nitrogens with zero attached hydrogens (tertiary/aromatic N) is 2. The highest BCUT2D eigenvalue weighted by Crippen LogP contribution is 2.24. The number of amides is 1. The van der Waals surface area contributed by atoms with Gasteiger partial charge in [-0.15, -0.1) is 11.3 Å². The zero-order chi connectivity index (χ0) is 18.1. The molecule has 0 unspecified atom stereocenters.